The Hall–Kier alpha value is -4.20. The molecular weight excluding hydrogens is 497 g/mol. The zero-order valence-electron chi connectivity index (χ0n) is 20.8. The molecule has 2 fully saturated rings. The molecule has 38 heavy (non-hydrogen) atoms. The normalized spacial score (nSPS) is 19.5. The number of pyridine rings is 1. The van der Waals surface area contributed by atoms with Crippen LogP contribution in [0.15, 0.2) is 42.7 Å². The number of nitriles is 1. The molecular formula is C27H25F3N6O2. The van der Waals surface area contributed by atoms with Crippen LogP contribution in [-0.4, -0.2) is 33.1 Å². The molecule has 0 radical (unpaired) electrons. The predicted molar refractivity (Wildman–Crippen MR) is 132 cm³/mol. The van der Waals surface area contributed by atoms with E-state index in [2.05, 4.69) is 21.5 Å². The van der Waals surface area contributed by atoms with Gasteiger partial charge in [-0.15, -0.1) is 0 Å². The van der Waals surface area contributed by atoms with Gasteiger partial charge in [0.25, 0.3) is 5.91 Å². The number of nitrogens with one attached hydrogen (secondary N) is 1. The van der Waals surface area contributed by atoms with Crippen LogP contribution >= 0.6 is 0 Å². The van der Waals surface area contributed by atoms with Gasteiger partial charge in [-0.1, -0.05) is 0 Å². The Morgan fingerprint density at radius 2 is 1.97 bits per heavy atom. The molecule has 2 aliphatic rings. The summed E-state index contributed by atoms with van der Waals surface area (Å²) in [7, 11) is 1.67. The number of carbonyl (C=O) groups is 2. The zero-order valence-corrected chi connectivity index (χ0v) is 20.8. The van der Waals surface area contributed by atoms with Crippen LogP contribution in [0.25, 0.3) is 11.1 Å². The van der Waals surface area contributed by atoms with Gasteiger partial charge in [-0.3, -0.25) is 14.3 Å². The van der Waals surface area contributed by atoms with Crippen LogP contribution in [0.3, 0.4) is 0 Å². The predicted octanol–water partition coefficient (Wildman–Crippen LogP) is 4.40. The number of alkyl halides is 3. The lowest BCUT2D eigenvalue weighted by molar-refractivity contribution is -0.137. The average molecular weight is 523 g/mol. The molecule has 1 aliphatic heterocycles. The maximum Gasteiger partial charge on any atom is 0.416 e. The van der Waals surface area contributed by atoms with Crippen LogP contribution < -0.4 is 10.2 Å². The van der Waals surface area contributed by atoms with Crippen molar-refractivity contribution in [3.63, 3.8) is 0 Å². The number of anilines is 1. The number of carbonyl (C=O) groups excluding carboxylic acids is 2. The second-order valence-electron chi connectivity index (χ2n) is 9.92. The molecule has 3 aromatic rings. The van der Waals surface area contributed by atoms with Crippen molar-refractivity contribution < 1.29 is 22.8 Å². The molecule has 8 nitrogen and oxygen atoms in total. The molecule has 1 atom stereocenters. The topological polar surface area (TPSA) is 104 Å². The molecule has 0 bridgehead atoms. The fraction of sp³-hybridized carbons (Fsp3) is 0.370. The summed E-state index contributed by atoms with van der Waals surface area (Å²) in [6.07, 6.45) is 0.665. The molecule has 2 amide bonds. The first-order valence-corrected chi connectivity index (χ1v) is 12.2. The van der Waals surface area contributed by atoms with Crippen LogP contribution in [0.1, 0.15) is 46.6 Å². The van der Waals surface area contributed by atoms with Gasteiger partial charge in [0, 0.05) is 43.3 Å². The molecule has 1 aromatic carbocycles. The highest BCUT2D eigenvalue weighted by atomic mass is 19.4. The van der Waals surface area contributed by atoms with Crippen molar-refractivity contribution in [2.24, 2.45) is 18.4 Å². The molecule has 3 heterocycles. The van der Waals surface area contributed by atoms with Gasteiger partial charge < -0.3 is 10.2 Å². The Bertz CT molecular complexity index is 1470. The maximum absolute atomic E-state index is 13.6. The van der Waals surface area contributed by atoms with Crippen molar-refractivity contribution in [3.8, 4) is 17.2 Å². The summed E-state index contributed by atoms with van der Waals surface area (Å²) < 4.78 is 42.2. The minimum absolute atomic E-state index is 0.0353. The third-order valence-corrected chi connectivity index (χ3v) is 7.12. The summed E-state index contributed by atoms with van der Waals surface area (Å²) in [6.45, 7) is 1.89. The van der Waals surface area contributed by atoms with E-state index in [4.69, 9.17) is 0 Å². The first kappa shape index (κ1) is 25.4. The van der Waals surface area contributed by atoms with E-state index in [1.807, 2.05) is 0 Å². The van der Waals surface area contributed by atoms with Crippen molar-refractivity contribution in [2.75, 3.05) is 11.4 Å². The highest BCUT2D eigenvalue weighted by Gasteiger charge is 2.56. The van der Waals surface area contributed by atoms with Gasteiger partial charge in [-0.25, -0.2) is 4.98 Å². The molecule has 11 heteroatoms. The Balaban J connectivity index is 1.37. The molecule has 2 aromatic heterocycles. The monoisotopic (exact) mass is 522 g/mol. The average Bonchev–Trinajstić information content (AvgIpc) is 3.55. The highest BCUT2D eigenvalue weighted by Crippen LogP contribution is 2.52. The van der Waals surface area contributed by atoms with Gasteiger partial charge in [0.2, 0.25) is 5.91 Å². The van der Waals surface area contributed by atoms with Gasteiger partial charge in [0.05, 0.1) is 17.8 Å². The highest BCUT2D eigenvalue weighted by molar-refractivity contribution is 6.03. The van der Waals surface area contributed by atoms with Crippen LogP contribution in [0.5, 0.6) is 0 Å². The van der Waals surface area contributed by atoms with Crippen LogP contribution in [0, 0.1) is 29.6 Å². The molecule has 196 valence electrons. The van der Waals surface area contributed by atoms with Gasteiger partial charge in [0.1, 0.15) is 11.1 Å². The lowest BCUT2D eigenvalue weighted by Gasteiger charge is -2.21. The van der Waals surface area contributed by atoms with Crippen LogP contribution in [0.2, 0.25) is 0 Å². The first-order valence-electron chi connectivity index (χ1n) is 12.2. The summed E-state index contributed by atoms with van der Waals surface area (Å²) >= 11 is 0. The fourth-order valence-electron chi connectivity index (χ4n) is 5.02. The molecule has 1 aliphatic carbocycles. The number of rotatable bonds is 6. The third-order valence-electron chi connectivity index (χ3n) is 7.12. The summed E-state index contributed by atoms with van der Waals surface area (Å²) in [5.74, 6) is -0.776. The number of aryl methyl sites for hydroxylation is 2. The van der Waals surface area contributed by atoms with E-state index in [9.17, 15) is 28.0 Å². The van der Waals surface area contributed by atoms with Crippen molar-refractivity contribution in [1.29, 1.82) is 5.26 Å². The number of halogens is 3. The minimum Gasteiger partial charge on any atom is -0.347 e. The third kappa shape index (κ3) is 4.74. The van der Waals surface area contributed by atoms with Gasteiger partial charge >= 0.3 is 6.18 Å². The first-order chi connectivity index (χ1) is 18.0. The summed E-state index contributed by atoms with van der Waals surface area (Å²) in [5.41, 5.74) is 0.273. The zero-order chi connectivity index (χ0) is 27.2. The van der Waals surface area contributed by atoms with E-state index in [0.717, 1.165) is 25.0 Å². The number of amides is 2. The number of nitrogens with zero attached hydrogens (tertiary/aromatic N) is 5. The smallest absolute Gasteiger partial charge is 0.347 e. The van der Waals surface area contributed by atoms with Gasteiger partial charge in [-0.05, 0) is 73.6 Å². The van der Waals surface area contributed by atoms with Crippen molar-refractivity contribution in [2.45, 2.75) is 38.9 Å². The molecule has 1 saturated carbocycles. The van der Waals surface area contributed by atoms with E-state index < -0.39 is 23.1 Å². The molecule has 1 saturated heterocycles. The summed E-state index contributed by atoms with van der Waals surface area (Å²) in [6, 6.07) is 9.02. The minimum atomic E-state index is -4.56. The van der Waals surface area contributed by atoms with E-state index in [1.54, 1.807) is 32.3 Å². The quantitative estimate of drug-likeness (QED) is 0.517. The molecule has 1 N–H and O–H groups in total. The second-order valence-corrected chi connectivity index (χ2v) is 9.92. The number of benzene rings is 1. The fourth-order valence-corrected chi connectivity index (χ4v) is 5.02. The van der Waals surface area contributed by atoms with E-state index >= 15 is 0 Å². The molecule has 0 spiro atoms. The molecule has 5 rings (SSSR count). The SMILES string of the molecule is Cc1cc(N2CC[C@@](C#N)(C3CC3)C2=O)cc(C(=O)NCc2cc(-c3cnn(C)c3)cc(C(F)(F)F)c2)n1. The maximum atomic E-state index is 13.6. The van der Waals surface area contributed by atoms with Gasteiger partial charge in [-0.2, -0.15) is 23.5 Å². The Morgan fingerprint density at radius 3 is 2.61 bits per heavy atom. The number of hydrogen-bond donors (Lipinski definition) is 1. The molecule has 0 unspecified atom stereocenters. The van der Waals surface area contributed by atoms with E-state index in [0.29, 0.717) is 35.5 Å². The van der Waals surface area contributed by atoms with Gasteiger partial charge in [0.15, 0.2) is 0 Å². The lowest BCUT2D eigenvalue weighted by atomic mass is 9.83. The van der Waals surface area contributed by atoms with Crippen LogP contribution in [-0.2, 0) is 24.6 Å². The van der Waals surface area contributed by atoms with Crippen molar-refractivity contribution >= 4 is 17.5 Å². The van der Waals surface area contributed by atoms with Crippen LogP contribution in [0.4, 0.5) is 18.9 Å². The number of hydrogen-bond acceptors (Lipinski definition) is 5. The largest absolute Gasteiger partial charge is 0.416 e. The lowest BCUT2D eigenvalue weighted by Crippen LogP contribution is -2.35. The number of aromatic nitrogens is 3. The van der Waals surface area contributed by atoms with Crippen molar-refractivity contribution in [1.82, 2.24) is 20.1 Å². The van der Waals surface area contributed by atoms with E-state index in [-0.39, 0.29) is 29.6 Å². The Labute approximate surface area is 217 Å². The Kier molecular flexibility index (Phi) is 6.21. The Morgan fingerprint density at radius 1 is 1.21 bits per heavy atom. The summed E-state index contributed by atoms with van der Waals surface area (Å²) in [4.78, 5) is 32.0. The second kappa shape index (κ2) is 9.28. The standard InChI is InChI=1S/C27H25F3N6O2/c1-16-7-22(36-6-5-26(15-31,25(36)38)20-3-4-20)11-23(34-16)24(37)32-12-17-8-18(19-13-33-35(2)14-19)10-21(9-17)27(28,29)30/h7-11,13-14,20H,3-6,12H2,1-2H3,(H,32,37)/t26-/m1/s1. The summed E-state index contributed by atoms with van der Waals surface area (Å²) in [5, 5.41) is 16.4. The van der Waals surface area contributed by atoms with Crippen molar-refractivity contribution in [3.05, 3.63) is 65.2 Å². The van der Waals surface area contributed by atoms with E-state index in [1.165, 1.54) is 21.8 Å².